The SMILES string of the molecule is Cc1nn(CCC(=O)Nc2ccn(Cc3c(F)cccc3Cl)n2)cc1Br. The lowest BCUT2D eigenvalue weighted by molar-refractivity contribution is -0.116. The molecule has 1 aromatic carbocycles. The maximum Gasteiger partial charge on any atom is 0.227 e. The predicted octanol–water partition coefficient (Wildman–Crippen LogP) is 4.02. The Bertz CT molecular complexity index is 899. The summed E-state index contributed by atoms with van der Waals surface area (Å²) in [6.45, 7) is 2.53. The molecule has 0 atom stereocenters. The molecule has 1 amide bonds. The molecule has 0 radical (unpaired) electrons. The van der Waals surface area contributed by atoms with Crippen LogP contribution in [0.5, 0.6) is 0 Å². The van der Waals surface area contributed by atoms with Crippen molar-refractivity contribution in [3.05, 3.63) is 63.2 Å². The van der Waals surface area contributed by atoms with Crippen LogP contribution in [0.2, 0.25) is 5.02 Å². The van der Waals surface area contributed by atoms with Crippen LogP contribution in [0.3, 0.4) is 0 Å². The van der Waals surface area contributed by atoms with Crippen LogP contribution in [0.4, 0.5) is 10.2 Å². The lowest BCUT2D eigenvalue weighted by Gasteiger charge is -2.06. The highest BCUT2D eigenvalue weighted by atomic mass is 79.9. The van der Waals surface area contributed by atoms with Gasteiger partial charge >= 0.3 is 0 Å². The average Bonchev–Trinajstić information content (AvgIpc) is 3.16. The second-order valence-corrected chi connectivity index (χ2v) is 6.98. The summed E-state index contributed by atoms with van der Waals surface area (Å²) < 4.78 is 18.0. The maximum atomic E-state index is 13.8. The van der Waals surface area contributed by atoms with Crippen molar-refractivity contribution in [1.82, 2.24) is 19.6 Å². The van der Waals surface area contributed by atoms with E-state index in [0.717, 1.165) is 10.2 Å². The predicted molar refractivity (Wildman–Crippen MR) is 101 cm³/mol. The number of aryl methyl sites for hydroxylation is 2. The minimum absolute atomic E-state index is 0.177. The van der Waals surface area contributed by atoms with Crippen molar-refractivity contribution in [2.45, 2.75) is 26.4 Å². The molecule has 6 nitrogen and oxygen atoms in total. The summed E-state index contributed by atoms with van der Waals surface area (Å²) in [6.07, 6.45) is 3.75. The Morgan fingerprint density at radius 2 is 2.12 bits per heavy atom. The molecule has 0 unspecified atom stereocenters. The van der Waals surface area contributed by atoms with Crippen LogP contribution < -0.4 is 5.32 Å². The van der Waals surface area contributed by atoms with Crippen molar-refractivity contribution in [2.75, 3.05) is 5.32 Å². The average molecular weight is 441 g/mol. The second-order valence-electron chi connectivity index (χ2n) is 5.72. The van der Waals surface area contributed by atoms with Gasteiger partial charge in [-0.3, -0.25) is 14.2 Å². The van der Waals surface area contributed by atoms with E-state index in [1.165, 1.54) is 10.7 Å². The molecule has 0 bridgehead atoms. The summed E-state index contributed by atoms with van der Waals surface area (Å²) in [5.74, 6) is -0.164. The minimum atomic E-state index is -0.390. The van der Waals surface area contributed by atoms with Crippen LogP contribution in [0.15, 0.2) is 41.1 Å². The van der Waals surface area contributed by atoms with Crippen LogP contribution in [0, 0.1) is 12.7 Å². The van der Waals surface area contributed by atoms with Gasteiger partial charge in [0.25, 0.3) is 0 Å². The monoisotopic (exact) mass is 439 g/mol. The summed E-state index contributed by atoms with van der Waals surface area (Å²) >= 11 is 9.40. The molecule has 0 aliphatic carbocycles. The van der Waals surface area contributed by atoms with Gasteiger partial charge in [-0.05, 0) is 35.0 Å². The number of rotatable bonds is 6. The third kappa shape index (κ3) is 4.50. The van der Waals surface area contributed by atoms with Crippen LogP contribution in [-0.4, -0.2) is 25.5 Å². The van der Waals surface area contributed by atoms with Gasteiger partial charge in [0, 0.05) is 42.0 Å². The van der Waals surface area contributed by atoms with Crippen molar-refractivity contribution in [3.63, 3.8) is 0 Å². The van der Waals surface area contributed by atoms with E-state index in [2.05, 4.69) is 31.4 Å². The fourth-order valence-corrected chi connectivity index (χ4v) is 2.93. The number of hydrogen-bond donors (Lipinski definition) is 1. The molecule has 9 heteroatoms. The molecule has 3 aromatic rings. The Labute approximate surface area is 163 Å². The van der Waals surface area contributed by atoms with Gasteiger partial charge in [0.2, 0.25) is 5.91 Å². The number of hydrogen-bond acceptors (Lipinski definition) is 3. The number of amides is 1. The molecule has 3 rings (SSSR count). The lowest BCUT2D eigenvalue weighted by atomic mass is 10.2. The van der Waals surface area contributed by atoms with Gasteiger partial charge in [0.15, 0.2) is 5.82 Å². The Hall–Kier alpha value is -2.19. The van der Waals surface area contributed by atoms with E-state index < -0.39 is 0 Å². The number of nitrogens with one attached hydrogen (secondary N) is 1. The first-order valence-corrected chi connectivity index (χ1v) is 9.05. The zero-order valence-electron chi connectivity index (χ0n) is 13.9. The van der Waals surface area contributed by atoms with Gasteiger partial charge in [-0.25, -0.2) is 4.39 Å². The van der Waals surface area contributed by atoms with E-state index in [9.17, 15) is 9.18 Å². The summed E-state index contributed by atoms with van der Waals surface area (Å²) in [5, 5.41) is 11.6. The standard InChI is InChI=1S/C17H16BrClFN5O/c1-11-13(18)10-25(22-11)8-6-17(26)21-16-5-7-24(23-16)9-12-14(19)3-2-4-15(12)20/h2-5,7,10H,6,8-9H2,1H3,(H,21,23,26). The molecule has 0 saturated carbocycles. The number of carbonyl (C=O) groups is 1. The lowest BCUT2D eigenvalue weighted by Crippen LogP contribution is -2.15. The smallest absolute Gasteiger partial charge is 0.227 e. The van der Waals surface area contributed by atoms with Gasteiger partial charge in [0.05, 0.1) is 16.7 Å². The zero-order valence-corrected chi connectivity index (χ0v) is 16.3. The van der Waals surface area contributed by atoms with Gasteiger partial charge < -0.3 is 5.32 Å². The number of carbonyl (C=O) groups excluding carboxylic acids is 1. The first kappa shape index (κ1) is 18.6. The maximum absolute atomic E-state index is 13.8. The molecule has 2 heterocycles. The van der Waals surface area contributed by atoms with Crippen LogP contribution in [0.25, 0.3) is 0 Å². The second kappa shape index (κ2) is 8.01. The Morgan fingerprint density at radius 3 is 2.81 bits per heavy atom. The summed E-state index contributed by atoms with van der Waals surface area (Å²) in [6, 6.07) is 6.18. The topological polar surface area (TPSA) is 64.7 Å². The first-order chi connectivity index (χ1) is 12.4. The molecule has 0 aliphatic heterocycles. The van der Waals surface area contributed by atoms with Crippen molar-refractivity contribution >= 4 is 39.3 Å². The van der Waals surface area contributed by atoms with Crippen molar-refractivity contribution in [3.8, 4) is 0 Å². The van der Waals surface area contributed by atoms with Gasteiger partial charge in [0.1, 0.15) is 5.82 Å². The highest BCUT2D eigenvalue weighted by molar-refractivity contribution is 9.10. The van der Waals surface area contributed by atoms with E-state index in [1.807, 2.05) is 13.1 Å². The Morgan fingerprint density at radius 1 is 1.31 bits per heavy atom. The first-order valence-electron chi connectivity index (χ1n) is 7.88. The normalized spacial score (nSPS) is 10.9. The van der Waals surface area contributed by atoms with Crippen LogP contribution >= 0.6 is 27.5 Å². The van der Waals surface area contributed by atoms with E-state index in [0.29, 0.717) is 22.9 Å². The minimum Gasteiger partial charge on any atom is -0.309 e. The zero-order chi connectivity index (χ0) is 18.7. The molecule has 0 fully saturated rings. The van der Waals surface area contributed by atoms with Gasteiger partial charge in [-0.2, -0.15) is 10.2 Å². The molecule has 0 spiro atoms. The highest BCUT2D eigenvalue weighted by Gasteiger charge is 2.10. The molecule has 136 valence electrons. The number of nitrogens with zero attached hydrogens (tertiary/aromatic N) is 4. The molecular weight excluding hydrogens is 425 g/mol. The molecule has 26 heavy (non-hydrogen) atoms. The van der Waals surface area contributed by atoms with E-state index in [4.69, 9.17) is 11.6 Å². The van der Waals surface area contributed by atoms with Crippen molar-refractivity contribution in [2.24, 2.45) is 0 Å². The number of aromatic nitrogens is 4. The Kier molecular flexibility index (Phi) is 5.73. The molecule has 1 N–H and O–H groups in total. The summed E-state index contributed by atoms with van der Waals surface area (Å²) in [7, 11) is 0. The number of anilines is 1. The molecule has 0 aliphatic rings. The summed E-state index contributed by atoms with van der Waals surface area (Å²) in [5.41, 5.74) is 1.23. The van der Waals surface area contributed by atoms with Crippen molar-refractivity contribution < 1.29 is 9.18 Å². The fourth-order valence-electron chi connectivity index (χ4n) is 2.39. The molecule has 0 saturated heterocycles. The number of halogens is 3. The van der Waals surface area contributed by atoms with E-state index >= 15 is 0 Å². The van der Waals surface area contributed by atoms with Gasteiger partial charge in [-0.1, -0.05) is 17.7 Å². The number of benzene rings is 1. The van der Waals surface area contributed by atoms with Crippen LogP contribution in [-0.2, 0) is 17.9 Å². The molecular formula is C17H16BrClFN5O. The molecule has 2 aromatic heterocycles. The third-order valence-corrected chi connectivity index (χ3v) is 4.88. The Balaban J connectivity index is 1.57. The van der Waals surface area contributed by atoms with Gasteiger partial charge in [-0.15, -0.1) is 0 Å². The van der Waals surface area contributed by atoms with E-state index in [1.54, 1.807) is 29.1 Å². The largest absolute Gasteiger partial charge is 0.309 e. The quantitative estimate of drug-likeness (QED) is 0.630. The highest BCUT2D eigenvalue weighted by Crippen LogP contribution is 2.20. The van der Waals surface area contributed by atoms with Crippen molar-refractivity contribution in [1.29, 1.82) is 0 Å². The van der Waals surface area contributed by atoms with Crippen LogP contribution in [0.1, 0.15) is 17.7 Å². The fraction of sp³-hybridized carbons (Fsp3) is 0.235. The summed E-state index contributed by atoms with van der Waals surface area (Å²) in [4.78, 5) is 12.1. The third-order valence-electron chi connectivity index (χ3n) is 3.74. The van der Waals surface area contributed by atoms with E-state index in [-0.39, 0.29) is 24.7 Å².